The van der Waals surface area contributed by atoms with Crippen molar-refractivity contribution < 1.29 is 9.90 Å². The van der Waals surface area contributed by atoms with Crippen LogP contribution in [-0.2, 0) is 11.3 Å². The first-order valence-electron chi connectivity index (χ1n) is 5.14. The third-order valence-electron chi connectivity index (χ3n) is 2.62. The molecule has 1 aromatic carbocycles. The van der Waals surface area contributed by atoms with Crippen LogP contribution in [0.3, 0.4) is 0 Å². The number of carbonyl (C=O) groups excluding carboxylic acids is 1. The molecular formula is C12H12N2O2. The summed E-state index contributed by atoms with van der Waals surface area (Å²) in [4.78, 5) is 13.1. The number of likely N-dealkylation sites (tertiary alicyclic amines) is 1. The SMILES string of the molecule is N#Cc1cccc(CN2CC(O)CC2=O)c1. The molecule has 1 aliphatic rings. The zero-order valence-corrected chi connectivity index (χ0v) is 8.76. The van der Waals surface area contributed by atoms with E-state index in [2.05, 4.69) is 6.07 Å². The van der Waals surface area contributed by atoms with Gasteiger partial charge >= 0.3 is 0 Å². The highest BCUT2D eigenvalue weighted by Gasteiger charge is 2.27. The molecule has 4 nitrogen and oxygen atoms in total. The Bertz CT molecular complexity index is 451. The lowest BCUT2D eigenvalue weighted by Gasteiger charge is -2.15. The van der Waals surface area contributed by atoms with Crippen LogP contribution in [0, 0.1) is 11.3 Å². The van der Waals surface area contributed by atoms with E-state index in [1.165, 1.54) is 0 Å². The van der Waals surface area contributed by atoms with Crippen LogP contribution in [0.15, 0.2) is 24.3 Å². The van der Waals surface area contributed by atoms with Crippen molar-refractivity contribution in [3.05, 3.63) is 35.4 Å². The average Bonchev–Trinajstić information content (AvgIpc) is 2.58. The molecule has 16 heavy (non-hydrogen) atoms. The minimum absolute atomic E-state index is 0.0325. The number of nitrogens with zero attached hydrogens (tertiary/aromatic N) is 2. The van der Waals surface area contributed by atoms with E-state index in [9.17, 15) is 9.90 Å². The van der Waals surface area contributed by atoms with Crippen molar-refractivity contribution in [1.29, 1.82) is 5.26 Å². The predicted octanol–water partition coefficient (Wildman–Crippen LogP) is 0.651. The molecule has 0 aromatic heterocycles. The lowest BCUT2D eigenvalue weighted by Crippen LogP contribution is -2.25. The Hall–Kier alpha value is -1.86. The number of aliphatic hydroxyl groups excluding tert-OH is 1. The monoisotopic (exact) mass is 216 g/mol. The second-order valence-electron chi connectivity index (χ2n) is 3.94. The van der Waals surface area contributed by atoms with Crippen LogP contribution >= 0.6 is 0 Å². The number of aliphatic hydroxyl groups is 1. The molecule has 1 aromatic rings. The number of hydrogen-bond donors (Lipinski definition) is 1. The molecule has 0 spiro atoms. The summed E-state index contributed by atoms with van der Waals surface area (Å²) >= 11 is 0. The Balaban J connectivity index is 2.09. The summed E-state index contributed by atoms with van der Waals surface area (Å²) in [5.74, 6) is -0.0325. The fourth-order valence-corrected chi connectivity index (χ4v) is 1.86. The summed E-state index contributed by atoms with van der Waals surface area (Å²) < 4.78 is 0. The molecule has 1 amide bonds. The van der Waals surface area contributed by atoms with E-state index in [0.29, 0.717) is 18.7 Å². The molecule has 1 saturated heterocycles. The standard InChI is InChI=1S/C12H12N2O2/c13-6-9-2-1-3-10(4-9)7-14-8-11(15)5-12(14)16/h1-4,11,15H,5,7-8H2. The van der Waals surface area contributed by atoms with E-state index in [4.69, 9.17) is 5.26 Å². The summed E-state index contributed by atoms with van der Waals surface area (Å²) in [7, 11) is 0. The fraction of sp³-hybridized carbons (Fsp3) is 0.333. The van der Waals surface area contributed by atoms with Crippen LogP contribution in [0.1, 0.15) is 17.5 Å². The molecule has 1 heterocycles. The molecule has 0 saturated carbocycles. The van der Waals surface area contributed by atoms with Gasteiger partial charge in [-0.1, -0.05) is 12.1 Å². The molecule has 0 radical (unpaired) electrons. The van der Waals surface area contributed by atoms with Gasteiger partial charge in [0.2, 0.25) is 5.91 Å². The maximum absolute atomic E-state index is 11.4. The number of hydrogen-bond acceptors (Lipinski definition) is 3. The van der Waals surface area contributed by atoms with Gasteiger partial charge in [0, 0.05) is 13.1 Å². The van der Waals surface area contributed by atoms with E-state index in [1.54, 1.807) is 23.1 Å². The van der Waals surface area contributed by atoms with Gasteiger partial charge in [-0.25, -0.2) is 0 Å². The molecule has 0 bridgehead atoms. The summed E-state index contributed by atoms with van der Waals surface area (Å²) in [6, 6.07) is 9.22. The van der Waals surface area contributed by atoms with Crippen LogP contribution in [0.4, 0.5) is 0 Å². The Morgan fingerprint density at radius 2 is 2.38 bits per heavy atom. The smallest absolute Gasteiger partial charge is 0.225 e. The average molecular weight is 216 g/mol. The molecule has 1 aliphatic heterocycles. The van der Waals surface area contributed by atoms with Gasteiger partial charge < -0.3 is 10.0 Å². The van der Waals surface area contributed by atoms with Gasteiger partial charge in [0.25, 0.3) is 0 Å². The molecule has 0 aliphatic carbocycles. The second-order valence-corrected chi connectivity index (χ2v) is 3.94. The van der Waals surface area contributed by atoms with Gasteiger partial charge in [0.1, 0.15) is 0 Å². The Morgan fingerprint density at radius 3 is 3.00 bits per heavy atom. The molecule has 1 atom stereocenters. The molecular weight excluding hydrogens is 204 g/mol. The van der Waals surface area contributed by atoms with Crippen molar-refractivity contribution in [3.8, 4) is 6.07 Å². The number of carbonyl (C=O) groups is 1. The quantitative estimate of drug-likeness (QED) is 0.789. The molecule has 2 rings (SSSR count). The third-order valence-corrected chi connectivity index (χ3v) is 2.62. The molecule has 1 fully saturated rings. The van der Waals surface area contributed by atoms with Crippen LogP contribution in [0.5, 0.6) is 0 Å². The maximum atomic E-state index is 11.4. The lowest BCUT2D eigenvalue weighted by molar-refractivity contribution is -0.128. The van der Waals surface area contributed by atoms with Crippen LogP contribution in [-0.4, -0.2) is 28.6 Å². The third kappa shape index (κ3) is 2.20. The molecule has 4 heteroatoms. The number of nitriles is 1. The predicted molar refractivity (Wildman–Crippen MR) is 57.2 cm³/mol. The van der Waals surface area contributed by atoms with Crippen LogP contribution in [0.25, 0.3) is 0 Å². The Labute approximate surface area is 93.7 Å². The summed E-state index contributed by atoms with van der Waals surface area (Å²) in [6.45, 7) is 0.848. The molecule has 1 unspecified atom stereocenters. The van der Waals surface area contributed by atoms with E-state index >= 15 is 0 Å². The summed E-state index contributed by atoms with van der Waals surface area (Å²) in [5, 5.41) is 18.1. The summed E-state index contributed by atoms with van der Waals surface area (Å²) in [6.07, 6.45) is -0.343. The zero-order chi connectivity index (χ0) is 11.5. The fourth-order valence-electron chi connectivity index (χ4n) is 1.86. The Kier molecular flexibility index (Phi) is 2.88. The number of amides is 1. The van der Waals surface area contributed by atoms with Crippen molar-refractivity contribution in [3.63, 3.8) is 0 Å². The summed E-state index contributed by atoms with van der Waals surface area (Å²) in [5.41, 5.74) is 1.51. The molecule has 82 valence electrons. The van der Waals surface area contributed by atoms with E-state index in [-0.39, 0.29) is 12.3 Å². The largest absolute Gasteiger partial charge is 0.391 e. The van der Waals surface area contributed by atoms with Crippen LogP contribution < -0.4 is 0 Å². The van der Waals surface area contributed by atoms with E-state index < -0.39 is 6.10 Å². The van der Waals surface area contributed by atoms with Crippen molar-refractivity contribution in [2.75, 3.05) is 6.54 Å². The minimum atomic E-state index is -0.549. The normalized spacial score (nSPS) is 19.9. The Morgan fingerprint density at radius 1 is 1.56 bits per heavy atom. The zero-order valence-electron chi connectivity index (χ0n) is 8.76. The highest BCUT2D eigenvalue weighted by atomic mass is 16.3. The van der Waals surface area contributed by atoms with Gasteiger partial charge in [-0.3, -0.25) is 4.79 Å². The van der Waals surface area contributed by atoms with Gasteiger partial charge in [0.15, 0.2) is 0 Å². The van der Waals surface area contributed by atoms with Crippen LogP contribution in [0.2, 0.25) is 0 Å². The first kappa shape index (κ1) is 10.7. The molecule has 1 N–H and O–H groups in total. The number of β-amino-alcohol motifs (C(OH)–C–C–N with tert-alkyl or cyclic N) is 1. The van der Waals surface area contributed by atoms with E-state index in [1.807, 2.05) is 6.07 Å². The first-order chi connectivity index (χ1) is 7.69. The number of benzene rings is 1. The topological polar surface area (TPSA) is 64.3 Å². The van der Waals surface area contributed by atoms with Gasteiger partial charge in [0.05, 0.1) is 24.2 Å². The van der Waals surface area contributed by atoms with Gasteiger partial charge in [-0.15, -0.1) is 0 Å². The van der Waals surface area contributed by atoms with Crippen molar-refractivity contribution in [2.24, 2.45) is 0 Å². The van der Waals surface area contributed by atoms with Crippen molar-refractivity contribution in [1.82, 2.24) is 4.90 Å². The van der Waals surface area contributed by atoms with Gasteiger partial charge in [-0.2, -0.15) is 5.26 Å². The first-order valence-corrected chi connectivity index (χ1v) is 5.14. The number of rotatable bonds is 2. The highest BCUT2D eigenvalue weighted by molar-refractivity contribution is 5.79. The second kappa shape index (κ2) is 4.33. The minimum Gasteiger partial charge on any atom is -0.391 e. The van der Waals surface area contributed by atoms with Crippen molar-refractivity contribution >= 4 is 5.91 Å². The van der Waals surface area contributed by atoms with E-state index in [0.717, 1.165) is 5.56 Å². The maximum Gasteiger partial charge on any atom is 0.225 e. The highest BCUT2D eigenvalue weighted by Crippen LogP contribution is 2.15. The lowest BCUT2D eigenvalue weighted by atomic mass is 10.1. The van der Waals surface area contributed by atoms with Gasteiger partial charge in [-0.05, 0) is 17.7 Å². The van der Waals surface area contributed by atoms with Crippen molar-refractivity contribution in [2.45, 2.75) is 19.1 Å².